The number of nitrogens with one attached hydrogen (secondary N) is 1. The maximum absolute atomic E-state index is 12.6. The van der Waals surface area contributed by atoms with Crippen LogP contribution in [-0.2, 0) is 16.1 Å². The Balaban J connectivity index is 1.42. The van der Waals surface area contributed by atoms with Crippen molar-refractivity contribution in [2.75, 3.05) is 0 Å². The molecule has 2 heterocycles. The zero-order valence-electron chi connectivity index (χ0n) is 12.8. The summed E-state index contributed by atoms with van der Waals surface area (Å²) in [6.07, 6.45) is 4.75. The molecule has 4 nitrogen and oxygen atoms in total. The lowest BCUT2D eigenvalue weighted by Gasteiger charge is -2.23. The van der Waals surface area contributed by atoms with Crippen molar-refractivity contribution in [1.29, 1.82) is 0 Å². The van der Waals surface area contributed by atoms with Crippen LogP contribution in [0.15, 0.2) is 41.8 Å². The average molecular weight is 359 g/mol. The minimum absolute atomic E-state index is 0.00965. The third-order valence-corrected chi connectivity index (χ3v) is 7.06. The maximum Gasteiger partial charge on any atom is 0.307 e. The maximum atomic E-state index is 12.6. The number of aliphatic carboxylic acids is 1. The molecule has 0 unspecified atom stereocenters. The van der Waals surface area contributed by atoms with Gasteiger partial charge in [-0.25, -0.2) is 0 Å². The Morgan fingerprint density at radius 1 is 1.12 bits per heavy atom. The fourth-order valence-electron chi connectivity index (χ4n) is 3.83. The third-order valence-electron chi connectivity index (χ3n) is 4.91. The van der Waals surface area contributed by atoms with E-state index in [2.05, 4.69) is 17.4 Å². The Labute approximate surface area is 147 Å². The van der Waals surface area contributed by atoms with Crippen LogP contribution in [0.2, 0.25) is 0 Å². The van der Waals surface area contributed by atoms with E-state index < -0.39 is 17.8 Å². The summed E-state index contributed by atoms with van der Waals surface area (Å²) in [5, 5.41) is 14.4. The van der Waals surface area contributed by atoms with Gasteiger partial charge in [-0.1, -0.05) is 18.2 Å². The molecular formula is C18H17NO3S2. The molecule has 0 radical (unpaired) electrons. The molecule has 4 atom stereocenters. The lowest BCUT2D eigenvalue weighted by atomic mass is 9.82. The Bertz CT molecular complexity index is 793. The van der Waals surface area contributed by atoms with Crippen molar-refractivity contribution in [3.63, 3.8) is 0 Å². The number of thiophene rings is 2. The number of carbonyl (C=O) groups is 2. The first-order valence-electron chi connectivity index (χ1n) is 7.95. The SMILES string of the molecule is O=C(O)[C@H]1[C@H](C(=O)NCc2ccc(-c3cccs3)s2)[C@H]2C=C[C@@H]1C2. The first kappa shape index (κ1) is 15.6. The van der Waals surface area contributed by atoms with Crippen LogP contribution in [0.3, 0.4) is 0 Å². The number of hydrogen-bond acceptors (Lipinski definition) is 4. The first-order valence-corrected chi connectivity index (χ1v) is 9.64. The van der Waals surface area contributed by atoms with Gasteiger partial charge >= 0.3 is 5.97 Å². The highest BCUT2D eigenvalue weighted by atomic mass is 32.1. The van der Waals surface area contributed by atoms with Gasteiger partial charge in [-0.2, -0.15) is 0 Å². The molecule has 2 aliphatic carbocycles. The number of amides is 1. The van der Waals surface area contributed by atoms with Crippen LogP contribution in [0.5, 0.6) is 0 Å². The van der Waals surface area contributed by atoms with Crippen LogP contribution in [0.25, 0.3) is 9.75 Å². The summed E-state index contributed by atoms with van der Waals surface area (Å²) in [6.45, 7) is 0.457. The summed E-state index contributed by atoms with van der Waals surface area (Å²) in [5.74, 6) is -1.93. The summed E-state index contributed by atoms with van der Waals surface area (Å²) in [5.41, 5.74) is 0. The highest BCUT2D eigenvalue weighted by Gasteiger charge is 2.51. The molecule has 124 valence electrons. The first-order chi connectivity index (χ1) is 11.6. The summed E-state index contributed by atoms with van der Waals surface area (Å²) < 4.78 is 0. The highest BCUT2D eigenvalue weighted by molar-refractivity contribution is 7.21. The van der Waals surface area contributed by atoms with Crippen LogP contribution in [-0.4, -0.2) is 17.0 Å². The lowest BCUT2D eigenvalue weighted by Crippen LogP contribution is -2.39. The molecule has 4 rings (SSSR count). The van der Waals surface area contributed by atoms with E-state index in [9.17, 15) is 14.7 Å². The summed E-state index contributed by atoms with van der Waals surface area (Å²) >= 11 is 3.36. The van der Waals surface area contributed by atoms with Crippen LogP contribution in [0, 0.1) is 23.7 Å². The van der Waals surface area contributed by atoms with E-state index in [1.165, 1.54) is 9.75 Å². The molecule has 1 amide bonds. The number of fused-ring (bicyclic) bond motifs is 2. The molecule has 2 bridgehead atoms. The standard InChI is InChI=1S/C18H17NO3S2/c20-17(15-10-3-4-11(8-10)16(15)18(21)22)19-9-12-5-6-14(24-12)13-2-1-7-23-13/h1-7,10-11,15-16H,8-9H2,(H,19,20)(H,21,22)/t10-,11+,15+,16+/m0/s1. The summed E-state index contributed by atoms with van der Waals surface area (Å²) in [7, 11) is 0. The van der Waals surface area contributed by atoms with Crippen molar-refractivity contribution < 1.29 is 14.7 Å². The third kappa shape index (κ3) is 2.70. The van der Waals surface area contributed by atoms with Gasteiger partial charge in [-0.15, -0.1) is 22.7 Å². The number of hydrogen-bond donors (Lipinski definition) is 2. The average Bonchev–Trinajstić information content (AvgIpc) is 3.35. The number of allylic oxidation sites excluding steroid dienone is 2. The predicted octanol–water partition coefficient (Wildman–Crippen LogP) is 3.62. The molecule has 6 heteroatoms. The van der Waals surface area contributed by atoms with Crippen molar-refractivity contribution in [3.8, 4) is 9.75 Å². The van der Waals surface area contributed by atoms with Gasteiger partial charge in [0.25, 0.3) is 0 Å². The number of carboxylic acids is 1. The normalized spacial score (nSPS) is 27.5. The van der Waals surface area contributed by atoms with E-state index in [4.69, 9.17) is 0 Å². The van der Waals surface area contributed by atoms with Gasteiger partial charge in [0.1, 0.15) is 0 Å². The van der Waals surface area contributed by atoms with Crippen LogP contribution >= 0.6 is 22.7 Å². The van der Waals surface area contributed by atoms with Crippen LogP contribution < -0.4 is 5.32 Å². The molecule has 2 aromatic heterocycles. The molecule has 2 aromatic rings. The summed E-state index contributed by atoms with van der Waals surface area (Å²) in [4.78, 5) is 27.6. The van der Waals surface area contributed by atoms with Crippen molar-refractivity contribution in [1.82, 2.24) is 5.32 Å². The number of carboxylic acid groups (broad SMARTS) is 1. The molecular weight excluding hydrogens is 342 g/mol. The largest absolute Gasteiger partial charge is 0.481 e. The minimum Gasteiger partial charge on any atom is -0.481 e. The van der Waals surface area contributed by atoms with E-state index in [-0.39, 0.29) is 17.7 Å². The molecule has 1 saturated carbocycles. The fraction of sp³-hybridized carbons (Fsp3) is 0.333. The zero-order valence-corrected chi connectivity index (χ0v) is 14.5. The van der Waals surface area contributed by atoms with Gasteiger partial charge in [0.15, 0.2) is 0 Å². The van der Waals surface area contributed by atoms with E-state index >= 15 is 0 Å². The lowest BCUT2D eigenvalue weighted by molar-refractivity contribution is -0.147. The molecule has 2 aliphatic rings. The minimum atomic E-state index is -0.858. The van der Waals surface area contributed by atoms with Gasteiger partial charge < -0.3 is 10.4 Å². The van der Waals surface area contributed by atoms with Crippen LogP contribution in [0.1, 0.15) is 11.3 Å². The Kier molecular flexibility index (Phi) is 4.02. The Hall–Kier alpha value is -1.92. The van der Waals surface area contributed by atoms with E-state index in [0.717, 1.165) is 11.3 Å². The molecule has 0 spiro atoms. The predicted molar refractivity (Wildman–Crippen MR) is 94.8 cm³/mol. The van der Waals surface area contributed by atoms with Crippen molar-refractivity contribution in [2.24, 2.45) is 23.7 Å². The molecule has 2 N–H and O–H groups in total. The molecule has 0 aromatic carbocycles. The quantitative estimate of drug-likeness (QED) is 0.802. The second kappa shape index (κ2) is 6.18. The molecule has 0 aliphatic heterocycles. The van der Waals surface area contributed by atoms with Crippen molar-refractivity contribution in [2.45, 2.75) is 13.0 Å². The number of carbonyl (C=O) groups excluding carboxylic acids is 1. The Morgan fingerprint density at radius 2 is 1.92 bits per heavy atom. The van der Waals surface area contributed by atoms with E-state index in [1.807, 2.05) is 29.7 Å². The highest BCUT2D eigenvalue weighted by Crippen LogP contribution is 2.48. The molecule has 24 heavy (non-hydrogen) atoms. The van der Waals surface area contributed by atoms with E-state index in [0.29, 0.717) is 6.54 Å². The van der Waals surface area contributed by atoms with Crippen molar-refractivity contribution >= 4 is 34.6 Å². The van der Waals surface area contributed by atoms with Crippen LogP contribution in [0.4, 0.5) is 0 Å². The van der Waals surface area contributed by atoms with E-state index in [1.54, 1.807) is 22.7 Å². The second-order valence-electron chi connectivity index (χ2n) is 6.30. The fourth-order valence-corrected chi connectivity index (χ4v) is 5.61. The van der Waals surface area contributed by atoms with Crippen molar-refractivity contribution in [3.05, 3.63) is 46.7 Å². The van der Waals surface area contributed by atoms with Gasteiger partial charge in [-0.05, 0) is 41.8 Å². The van der Waals surface area contributed by atoms with Gasteiger partial charge in [0, 0.05) is 14.6 Å². The van der Waals surface area contributed by atoms with Gasteiger partial charge in [0.05, 0.1) is 18.4 Å². The Morgan fingerprint density at radius 3 is 2.62 bits per heavy atom. The zero-order chi connectivity index (χ0) is 16.7. The monoisotopic (exact) mass is 359 g/mol. The smallest absolute Gasteiger partial charge is 0.307 e. The van der Waals surface area contributed by atoms with Gasteiger partial charge in [0.2, 0.25) is 5.91 Å². The summed E-state index contributed by atoms with van der Waals surface area (Å²) in [6, 6.07) is 8.20. The molecule has 0 saturated heterocycles. The topological polar surface area (TPSA) is 66.4 Å². The second-order valence-corrected chi connectivity index (χ2v) is 8.42. The van der Waals surface area contributed by atoms with Gasteiger partial charge in [-0.3, -0.25) is 9.59 Å². The number of rotatable bonds is 5. The molecule has 1 fully saturated rings.